The van der Waals surface area contributed by atoms with Crippen LogP contribution < -0.4 is 5.73 Å². The molecule has 1 rings (SSSR count). The van der Waals surface area contributed by atoms with Gasteiger partial charge in [0.15, 0.2) is 0 Å². The van der Waals surface area contributed by atoms with Crippen LogP contribution in [-0.2, 0) is 4.79 Å². The second-order valence-corrected chi connectivity index (χ2v) is 4.28. The van der Waals surface area contributed by atoms with Crippen LogP contribution in [0.5, 0.6) is 0 Å². The fraction of sp³-hybridized carbons (Fsp3) is 0.909. The van der Waals surface area contributed by atoms with Gasteiger partial charge < -0.3 is 5.73 Å². The van der Waals surface area contributed by atoms with Gasteiger partial charge in [0.2, 0.25) is 5.91 Å². The summed E-state index contributed by atoms with van der Waals surface area (Å²) in [7, 11) is 2.04. The van der Waals surface area contributed by atoms with E-state index in [2.05, 4.69) is 4.90 Å². The van der Waals surface area contributed by atoms with Crippen LogP contribution in [0.1, 0.15) is 45.4 Å². The number of likely N-dealkylation sites (N-methyl/N-ethyl adjacent to an activating group) is 1. The highest BCUT2D eigenvalue weighted by molar-refractivity contribution is 5.79. The number of nitrogens with two attached hydrogens (primary N) is 1. The third-order valence-corrected chi connectivity index (χ3v) is 3.36. The number of primary amides is 1. The van der Waals surface area contributed by atoms with Crippen molar-refractivity contribution in [3.05, 3.63) is 0 Å². The second kappa shape index (κ2) is 5.35. The molecule has 14 heavy (non-hydrogen) atoms. The zero-order valence-corrected chi connectivity index (χ0v) is 9.33. The van der Waals surface area contributed by atoms with Crippen LogP contribution in [0.4, 0.5) is 0 Å². The Kier molecular flexibility index (Phi) is 4.39. The molecule has 3 nitrogen and oxygen atoms in total. The minimum Gasteiger partial charge on any atom is -0.368 e. The molecule has 1 fully saturated rings. The van der Waals surface area contributed by atoms with E-state index in [0.717, 1.165) is 6.42 Å². The van der Waals surface area contributed by atoms with Crippen LogP contribution in [0.25, 0.3) is 0 Å². The van der Waals surface area contributed by atoms with E-state index in [1.165, 1.54) is 32.1 Å². The number of carbonyl (C=O) groups excluding carboxylic acids is 1. The number of hydrogen-bond acceptors (Lipinski definition) is 2. The maximum atomic E-state index is 11.2. The van der Waals surface area contributed by atoms with Crippen molar-refractivity contribution in [2.24, 2.45) is 5.73 Å². The number of hydrogen-bond donors (Lipinski definition) is 1. The van der Waals surface area contributed by atoms with E-state index in [-0.39, 0.29) is 11.9 Å². The van der Waals surface area contributed by atoms with Crippen molar-refractivity contribution in [3.8, 4) is 0 Å². The molecular formula is C11H22N2O. The minimum absolute atomic E-state index is 0.0712. The Morgan fingerprint density at radius 3 is 2.43 bits per heavy atom. The fourth-order valence-corrected chi connectivity index (χ4v) is 2.43. The molecule has 1 atom stereocenters. The number of carbonyl (C=O) groups is 1. The molecule has 1 unspecified atom stereocenters. The lowest BCUT2D eigenvalue weighted by Crippen LogP contribution is -2.47. The summed E-state index contributed by atoms with van der Waals surface area (Å²) in [6.45, 7) is 2.02. The van der Waals surface area contributed by atoms with Crippen LogP contribution in [0.2, 0.25) is 0 Å². The van der Waals surface area contributed by atoms with E-state index >= 15 is 0 Å². The lowest BCUT2D eigenvalue weighted by molar-refractivity contribution is -0.123. The minimum atomic E-state index is -0.180. The number of nitrogens with zero attached hydrogens (tertiary/aromatic N) is 1. The lowest BCUT2D eigenvalue weighted by atomic mass is 9.93. The summed E-state index contributed by atoms with van der Waals surface area (Å²) in [5.74, 6) is -0.180. The molecule has 0 aromatic carbocycles. The largest absolute Gasteiger partial charge is 0.368 e. The third-order valence-electron chi connectivity index (χ3n) is 3.36. The average Bonchev–Trinajstić information content (AvgIpc) is 2.19. The van der Waals surface area contributed by atoms with E-state index < -0.39 is 0 Å². The molecule has 3 heteroatoms. The van der Waals surface area contributed by atoms with Crippen molar-refractivity contribution in [2.75, 3.05) is 7.05 Å². The molecule has 1 aliphatic rings. The van der Waals surface area contributed by atoms with Gasteiger partial charge in [-0.15, -0.1) is 0 Å². The van der Waals surface area contributed by atoms with Crippen molar-refractivity contribution >= 4 is 5.91 Å². The van der Waals surface area contributed by atoms with E-state index in [1.807, 2.05) is 14.0 Å². The van der Waals surface area contributed by atoms with Gasteiger partial charge in [-0.3, -0.25) is 9.69 Å². The van der Waals surface area contributed by atoms with Crippen molar-refractivity contribution < 1.29 is 4.79 Å². The number of rotatable bonds is 4. The van der Waals surface area contributed by atoms with Gasteiger partial charge >= 0.3 is 0 Å². The van der Waals surface area contributed by atoms with Gasteiger partial charge in [-0.2, -0.15) is 0 Å². The summed E-state index contributed by atoms with van der Waals surface area (Å²) in [6, 6.07) is 0.499. The first kappa shape index (κ1) is 11.5. The molecule has 0 heterocycles. The summed E-state index contributed by atoms with van der Waals surface area (Å²) in [5, 5.41) is 0. The first-order valence-corrected chi connectivity index (χ1v) is 5.68. The molecule has 1 saturated carbocycles. The van der Waals surface area contributed by atoms with Gasteiger partial charge in [-0.05, 0) is 26.3 Å². The molecule has 2 N–H and O–H groups in total. The van der Waals surface area contributed by atoms with Crippen LogP contribution in [0.15, 0.2) is 0 Å². The smallest absolute Gasteiger partial charge is 0.234 e. The molecule has 0 spiro atoms. The van der Waals surface area contributed by atoms with Crippen LogP contribution in [0, 0.1) is 0 Å². The van der Waals surface area contributed by atoms with Crippen molar-refractivity contribution in [2.45, 2.75) is 57.5 Å². The van der Waals surface area contributed by atoms with Gasteiger partial charge in [0.25, 0.3) is 0 Å². The molecule has 0 aliphatic heterocycles. The average molecular weight is 198 g/mol. The highest BCUT2D eigenvalue weighted by atomic mass is 16.1. The number of amides is 1. The molecular weight excluding hydrogens is 176 g/mol. The zero-order valence-electron chi connectivity index (χ0n) is 9.33. The Labute approximate surface area is 86.6 Å². The van der Waals surface area contributed by atoms with Gasteiger partial charge in [-0.1, -0.05) is 26.2 Å². The van der Waals surface area contributed by atoms with Crippen LogP contribution >= 0.6 is 0 Å². The standard InChI is InChI=1S/C11H22N2O/c1-3-10(11(12)14)13(2)9-7-5-4-6-8-9/h9-10H,3-8H2,1-2H3,(H2,12,14). The van der Waals surface area contributed by atoms with E-state index in [9.17, 15) is 4.79 Å². The van der Waals surface area contributed by atoms with Gasteiger partial charge in [0.05, 0.1) is 6.04 Å². The highest BCUT2D eigenvalue weighted by Gasteiger charge is 2.26. The Morgan fingerprint density at radius 1 is 1.43 bits per heavy atom. The summed E-state index contributed by atoms with van der Waals surface area (Å²) >= 11 is 0. The summed E-state index contributed by atoms with van der Waals surface area (Å²) in [6.07, 6.45) is 7.20. The maximum absolute atomic E-state index is 11.2. The maximum Gasteiger partial charge on any atom is 0.234 e. The first-order valence-electron chi connectivity index (χ1n) is 5.68. The third kappa shape index (κ3) is 2.71. The van der Waals surface area contributed by atoms with Crippen molar-refractivity contribution in [3.63, 3.8) is 0 Å². The Bertz CT molecular complexity index is 188. The highest BCUT2D eigenvalue weighted by Crippen LogP contribution is 2.23. The molecule has 0 saturated heterocycles. The molecule has 82 valence electrons. The lowest BCUT2D eigenvalue weighted by Gasteiger charge is -2.35. The molecule has 0 radical (unpaired) electrons. The van der Waals surface area contributed by atoms with Gasteiger partial charge in [0.1, 0.15) is 0 Å². The Morgan fingerprint density at radius 2 is 2.00 bits per heavy atom. The topological polar surface area (TPSA) is 46.3 Å². The molecule has 0 aromatic heterocycles. The van der Waals surface area contributed by atoms with E-state index in [0.29, 0.717) is 6.04 Å². The zero-order chi connectivity index (χ0) is 10.6. The Balaban J connectivity index is 2.51. The van der Waals surface area contributed by atoms with Gasteiger partial charge in [-0.25, -0.2) is 0 Å². The monoisotopic (exact) mass is 198 g/mol. The summed E-state index contributed by atoms with van der Waals surface area (Å²) < 4.78 is 0. The SMILES string of the molecule is CCC(C(N)=O)N(C)C1CCCCC1. The van der Waals surface area contributed by atoms with Crippen LogP contribution in [0.3, 0.4) is 0 Å². The van der Waals surface area contributed by atoms with E-state index in [1.54, 1.807) is 0 Å². The molecule has 1 amide bonds. The molecule has 0 aromatic rings. The Hall–Kier alpha value is -0.570. The van der Waals surface area contributed by atoms with Gasteiger partial charge in [0, 0.05) is 6.04 Å². The molecule has 1 aliphatic carbocycles. The summed E-state index contributed by atoms with van der Waals surface area (Å²) in [4.78, 5) is 13.4. The first-order chi connectivity index (χ1) is 6.66. The predicted octanol–water partition coefficient (Wildman–Crippen LogP) is 1.51. The fourth-order valence-electron chi connectivity index (χ4n) is 2.43. The molecule has 0 bridgehead atoms. The normalized spacial score (nSPS) is 21.1. The van der Waals surface area contributed by atoms with Crippen molar-refractivity contribution in [1.29, 1.82) is 0 Å². The van der Waals surface area contributed by atoms with Crippen LogP contribution in [-0.4, -0.2) is 29.9 Å². The summed E-state index contributed by atoms with van der Waals surface area (Å²) in [5.41, 5.74) is 5.37. The van der Waals surface area contributed by atoms with Crippen molar-refractivity contribution in [1.82, 2.24) is 4.90 Å². The second-order valence-electron chi connectivity index (χ2n) is 4.28. The quantitative estimate of drug-likeness (QED) is 0.744. The predicted molar refractivity (Wildman–Crippen MR) is 57.9 cm³/mol. The van der Waals surface area contributed by atoms with E-state index in [4.69, 9.17) is 5.73 Å².